The molecule has 0 aliphatic heterocycles. The molecule has 1 atom stereocenters. The highest BCUT2D eigenvalue weighted by atomic mass is 32.2. The van der Waals surface area contributed by atoms with Crippen molar-refractivity contribution in [1.82, 2.24) is 0 Å². The number of aliphatic carboxylic acids is 1. The van der Waals surface area contributed by atoms with Gasteiger partial charge in [-0.25, -0.2) is 17.6 Å². The van der Waals surface area contributed by atoms with Gasteiger partial charge < -0.3 is 5.11 Å². The number of carboxylic acids is 1. The van der Waals surface area contributed by atoms with E-state index in [4.69, 9.17) is 10.4 Å². The van der Waals surface area contributed by atoms with Gasteiger partial charge in [0.25, 0.3) is 0 Å². The highest BCUT2D eigenvalue weighted by Crippen LogP contribution is 2.19. The van der Waals surface area contributed by atoms with Gasteiger partial charge in [-0.15, -0.1) is 0 Å². The Bertz CT molecular complexity index is 692. The van der Waals surface area contributed by atoms with E-state index in [2.05, 4.69) is 0 Å². The zero-order valence-electron chi connectivity index (χ0n) is 10.4. The lowest BCUT2D eigenvalue weighted by atomic mass is 10.2. The minimum absolute atomic E-state index is 0.265. The van der Waals surface area contributed by atoms with Gasteiger partial charge in [-0.1, -0.05) is 6.07 Å². The first kappa shape index (κ1) is 15.7. The number of halogens is 1. The smallest absolute Gasteiger partial charge is 0.328 e. The van der Waals surface area contributed by atoms with Crippen LogP contribution in [0.1, 0.15) is 12.5 Å². The van der Waals surface area contributed by atoms with Crippen molar-refractivity contribution in [3.05, 3.63) is 35.7 Å². The Morgan fingerprint density at radius 1 is 1.55 bits per heavy atom. The second-order valence-corrected chi connectivity index (χ2v) is 5.83. The van der Waals surface area contributed by atoms with Crippen LogP contribution < -0.4 is 4.72 Å². The minimum atomic E-state index is -3.99. The summed E-state index contributed by atoms with van der Waals surface area (Å²) < 4.78 is 38.8. The molecule has 1 rings (SSSR count). The molecule has 0 amide bonds. The van der Waals surface area contributed by atoms with Gasteiger partial charge in [-0.3, -0.25) is 4.72 Å². The Morgan fingerprint density at radius 2 is 2.20 bits per heavy atom. The normalized spacial score (nSPS) is 12.8. The Morgan fingerprint density at radius 3 is 2.70 bits per heavy atom. The standard InChI is InChI=1S/C12H11FN2O4S/c1-8(7-14)20(18,19)15-11-4-2-9(6-10(11)13)3-5-12(16)17/h2-6,8,15H,1H3,(H,16,17). The van der Waals surface area contributed by atoms with E-state index in [9.17, 15) is 17.6 Å². The summed E-state index contributed by atoms with van der Waals surface area (Å²) in [5.74, 6) is -2.05. The summed E-state index contributed by atoms with van der Waals surface area (Å²) >= 11 is 0. The van der Waals surface area contributed by atoms with Crippen LogP contribution in [0.15, 0.2) is 24.3 Å². The second kappa shape index (κ2) is 6.16. The number of benzene rings is 1. The van der Waals surface area contributed by atoms with Crippen molar-refractivity contribution in [1.29, 1.82) is 5.26 Å². The minimum Gasteiger partial charge on any atom is -0.478 e. The van der Waals surface area contributed by atoms with Gasteiger partial charge in [-0.2, -0.15) is 5.26 Å². The van der Waals surface area contributed by atoms with Crippen LogP contribution in [0.3, 0.4) is 0 Å². The van der Waals surface area contributed by atoms with Gasteiger partial charge in [-0.05, 0) is 30.7 Å². The summed E-state index contributed by atoms with van der Waals surface area (Å²) in [5, 5.41) is 15.7. The molecule has 106 valence electrons. The summed E-state index contributed by atoms with van der Waals surface area (Å²) in [5.41, 5.74) is -0.0410. The molecule has 0 heterocycles. The molecular formula is C12H11FN2O4S. The third-order valence-corrected chi connectivity index (χ3v) is 3.85. The molecule has 0 aromatic heterocycles. The zero-order valence-corrected chi connectivity index (χ0v) is 11.2. The average Bonchev–Trinajstić information content (AvgIpc) is 2.38. The van der Waals surface area contributed by atoms with Crippen LogP contribution in [0.2, 0.25) is 0 Å². The number of nitrogens with one attached hydrogen (secondary N) is 1. The molecule has 20 heavy (non-hydrogen) atoms. The predicted octanol–water partition coefficient (Wildman–Crippen LogP) is 1.58. The van der Waals surface area contributed by atoms with Gasteiger partial charge in [0.05, 0.1) is 11.8 Å². The molecule has 0 saturated heterocycles. The molecule has 0 saturated carbocycles. The third kappa shape index (κ3) is 4.07. The highest BCUT2D eigenvalue weighted by Gasteiger charge is 2.21. The maximum Gasteiger partial charge on any atom is 0.328 e. The van der Waals surface area contributed by atoms with E-state index < -0.39 is 27.1 Å². The van der Waals surface area contributed by atoms with Crippen molar-refractivity contribution in [3.8, 4) is 6.07 Å². The van der Waals surface area contributed by atoms with Gasteiger partial charge in [0.1, 0.15) is 5.82 Å². The summed E-state index contributed by atoms with van der Waals surface area (Å²) in [6, 6.07) is 5.02. The van der Waals surface area contributed by atoms with Crippen LogP contribution in [0.25, 0.3) is 6.08 Å². The molecule has 0 bridgehead atoms. The number of hydrogen-bond acceptors (Lipinski definition) is 4. The van der Waals surface area contributed by atoms with E-state index in [1.165, 1.54) is 25.1 Å². The number of hydrogen-bond donors (Lipinski definition) is 2. The van der Waals surface area contributed by atoms with Crippen molar-refractivity contribution in [3.63, 3.8) is 0 Å². The lowest BCUT2D eigenvalue weighted by Gasteiger charge is -2.10. The number of sulfonamides is 1. The summed E-state index contributed by atoms with van der Waals surface area (Å²) in [4.78, 5) is 10.3. The Balaban J connectivity index is 3.01. The number of carbonyl (C=O) groups is 1. The maximum atomic E-state index is 13.7. The van der Waals surface area contributed by atoms with Crippen molar-refractivity contribution >= 4 is 27.8 Å². The number of carboxylic acid groups (broad SMARTS) is 1. The van der Waals surface area contributed by atoms with E-state index in [0.717, 1.165) is 18.2 Å². The largest absolute Gasteiger partial charge is 0.478 e. The molecular weight excluding hydrogens is 287 g/mol. The van der Waals surface area contributed by atoms with Crippen molar-refractivity contribution in [2.45, 2.75) is 12.2 Å². The lowest BCUT2D eigenvalue weighted by molar-refractivity contribution is -0.131. The number of anilines is 1. The zero-order chi connectivity index (χ0) is 15.3. The topological polar surface area (TPSA) is 107 Å². The molecule has 0 radical (unpaired) electrons. The fourth-order valence-corrected chi connectivity index (χ4v) is 1.98. The van der Waals surface area contributed by atoms with Crippen LogP contribution in [0, 0.1) is 17.1 Å². The second-order valence-electron chi connectivity index (χ2n) is 3.83. The summed E-state index contributed by atoms with van der Waals surface area (Å²) in [7, 11) is -3.99. The van der Waals surface area contributed by atoms with Crippen LogP contribution >= 0.6 is 0 Å². The SMILES string of the molecule is CC(C#N)S(=O)(=O)Nc1ccc(C=CC(=O)O)cc1F. The molecule has 0 aliphatic carbocycles. The van der Waals surface area contributed by atoms with Gasteiger partial charge in [0.2, 0.25) is 10.0 Å². The van der Waals surface area contributed by atoms with E-state index in [1.54, 1.807) is 0 Å². The molecule has 1 unspecified atom stereocenters. The monoisotopic (exact) mass is 298 g/mol. The number of nitriles is 1. The molecule has 2 N–H and O–H groups in total. The van der Waals surface area contributed by atoms with Crippen molar-refractivity contribution < 1.29 is 22.7 Å². The van der Waals surface area contributed by atoms with E-state index in [-0.39, 0.29) is 11.3 Å². The Hall–Kier alpha value is -2.40. The first-order chi connectivity index (χ1) is 9.26. The molecule has 0 aliphatic rings. The Labute approximate surface area is 115 Å². The first-order valence-corrected chi connectivity index (χ1v) is 6.92. The van der Waals surface area contributed by atoms with E-state index >= 15 is 0 Å². The number of rotatable bonds is 5. The van der Waals surface area contributed by atoms with Gasteiger partial charge in [0, 0.05) is 6.08 Å². The molecule has 1 aromatic rings. The molecule has 0 fully saturated rings. The van der Waals surface area contributed by atoms with Crippen molar-refractivity contribution in [2.75, 3.05) is 4.72 Å². The highest BCUT2D eigenvalue weighted by molar-refractivity contribution is 7.93. The predicted molar refractivity (Wildman–Crippen MR) is 70.7 cm³/mol. The van der Waals surface area contributed by atoms with Gasteiger partial charge in [0.15, 0.2) is 5.25 Å². The average molecular weight is 298 g/mol. The first-order valence-electron chi connectivity index (χ1n) is 5.38. The van der Waals surface area contributed by atoms with Crippen LogP contribution in [0.4, 0.5) is 10.1 Å². The molecule has 8 heteroatoms. The quantitative estimate of drug-likeness (QED) is 0.802. The van der Waals surface area contributed by atoms with Crippen LogP contribution in [-0.4, -0.2) is 24.7 Å². The lowest BCUT2D eigenvalue weighted by Crippen LogP contribution is -2.24. The molecule has 0 spiro atoms. The Kier molecular flexibility index (Phi) is 4.83. The van der Waals surface area contributed by atoms with Gasteiger partial charge >= 0.3 is 5.97 Å². The van der Waals surface area contributed by atoms with Crippen LogP contribution in [-0.2, 0) is 14.8 Å². The number of nitrogens with zero attached hydrogens (tertiary/aromatic N) is 1. The van der Waals surface area contributed by atoms with Crippen molar-refractivity contribution in [2.24, 2.45) is 0 Å². The third-order valence-electron chi connectivity index (χ3n) is 2.31. The summed E-state index contributed by atoms with van der Waals surface area (Å²) in [6.45, 7) is 1.17. The fourth-order valence-electron chi connectivity index (χ4n) is 1.20. The molecule has 6 nitrogen and oxygen atoms in total. The fraction of sp³-hybridized carbons (Fsp3) is 0.167. The van der Waals surface area contributed by atoms with E-state index in [0.29, 0.717) is 0 Å². The van der Waals surface area contributed by atoms with Crippen LogP contribution in [0.5, 0.6) is 0 Å². The maximum absolute atomic E-state index is 13.7. The summed E-state index contributed by atoms with van der Waals surface area (Å²) in [6.07, 6.45) is 2.00. The molecule has 1 aromatic carbocycles. The van der Waals surface area contributed by atoms with E-state index in [1.807, 2.05) is 4.72 Å².